The fraction of sp³-hybridized carbons (Fsp3) is 0.300. The van der Waals surface area contributed by atoms with Crippen molar-refractivity contribution in [2.24, 2.45) is 0 Å². The van der Waals surface area contributed by atoms with Gasteiger partial charge in [-0.05, 0) is 26.0 Å². The van der Waals surface area contributed by atoms with E-state index in [1.54, 1.807) is 13.3 Å². The molecule has 0 fully saturated rings. The van der Waals surface area contributed by atoms with Crippen molar-refractivity contribution in [3.05, 3.63) is 53.7 Å². The van der Waals surface area contributed by atoms with E-state index in [4.69, 9.17) is 4.74 Å². The quantitative estimate of drug-likeness (QED) is 0.588. The van der Waals surface area contributed by atoms with Gasteiger partial charge in [0.2, 0.25) is 11.8 Å². The molecule has 0 atom stereocenters. The zero-order chi connectivity index (χ0) is 19.9. The maximum atomic E-state index is 12.3. The molecule has 3 aromatic rings. The van der Waals surface area contributed by atoms with Crippen LogP contribution in [0.3, 0.4) is 0 Å². The van der Waals surface area contributed by atoms with Gasteiger partial charge in [-0.3, -0.25) is 4.79 Å². The van der Waals surface area contributed by atoms with Gasteiger partial charge in [0.25, 0.3) is 0 Å². The molecule has 0 radical (unpaired) electrons. The van der Waals surface area contributed by atoms with Gasteiger partial charge < -0.3 is 14.6 Å². The van der Waals surface area contributed by atoms with Crippen molar-refractivity contribution < 1.29 is 9.53 Å². The summed E-state index contributed by atoms with van der Waals surface area (Å²) < 4.78 is 7.23. The molecule has 3 rings (SSSR count). The first-order chi connectivity index (χ1) is 13.6. The number of benzene rings is 1. The number of nitrogens with one attached hydrogen (secondary N) is 1. The largest absolute Gasteiger partial charge is 0.481 e. The van der Waals surface area contributed by atoms with E-state index in [1.165, 1.54) is 17.3 Å². The van der Waals surface area contributed by atoms with Crippen LogP contribution in [-0.2, 0) is 17.9 Å². The Labute approximate surface area is 168 Å². The van der Waals surface area contributed by atoms with Crippen LogP contribution in [0.25, 0.3) is 11.4 Å². The first-order valence-corrected chi connectivity index (χ1v) is 9.98. The Morgan fingerprint density at radius 3 is 2.86 bits per heavy atom. The monoisotopic (exact) mass is 397 g/mol. The van der Waals surface area contributed by atoms with E-state index in [0.717, 1.165) is 28.7 Å². The molecule has 1 amide bonds. The number of pyridine rings is 1. The summed E-state index contributed by atoms with van der Waals surface area (Å²) in [5, 5.41) is 12.2. The normalized spacial score (nSPS) is 10.7. The van der Waals surface area contributed by atoms with Gasteiger partial charge >= 0.3 is 0 Å². The summed E-state index contributed by atoms with van der Waals surface area (Å²) in [5.41, 5.74) is 3.03. The number of aromatic nitrogens is 4. The van der Waals surface area contributed by atoms with Crippen molar-refractivity contribution in [2.75, 3.05) is 12.9 Å². The first-order valence-electron chi connectivity index (χ1n) is 9.00. The van der Waals surface area contributed by atoms with E-state index in [0.29, 0.717) is 12.4 Å². The molecule has 0 bridgehead atoms. The SMILES string of the molecule is CCn1c(SCC(=O)NCc2cccnc2OC)nnc1-c1cccc(C)c1. The summed E-state index contributed by atoms with van der Waals surface area (Å²) in [7, 11) is 1.56. The third kappa shape index (κ3) is 4.69. The molecule has 0 saturated carbocycles. The smallest absolute Gasteiger partial charge is 0.230 e. The number of carbonyl (C=O) groups excluding carboxylic acids is 1. The van der Waals surface area contributed by atoms with E-state index in [9.17, 15) is 4.79 Å². The van der Waals surface area contributed by atoms with Crippen LogP contribution in [0.5, 0.6) is 5.88 Å². The molecule has 1 N–H and O–H groups in total. The molecule has 0 aliphatic heterocycles. The molecule has 8 heteroatoms. The van der Waals surface area contributed by atoms with Crippen molar-refractivity contribution in [2.45, 2.75) is 32.1 Å². The maximum absolute atomic E-state index is 12.3. The average Bonchev–Trinajstić information content (AvgIpc) is 3.13. The number of rotatable bonds is 8. The predicted molar refractivity (Wildman–Crippen MR) is 109 cm³/mol. The summed E-state index contributed by atoms with van der Waals surface area (Å²) in [6.07, 6.45) is 1.66. The van der Waals surface area contributed by atoms with Crippen LogP contribution in [0.15, 0.2) is 47.8 Å². The van der Waals surface area contributed by atoms with Gasteiger partial charge in [-0.25, -0.2) is 4.98 Å². The van der Waals surface area contributed by atoms with Crippen LogP contribution in [0, 0.1) is 6.92 Å². The van der Waals surface area contributed by atoms with Gasteiger partial charge in [0.15, 0.2) is 11.0 Å². The second kappa shape index (κ2) is 9.36. The van der Waals surface area contributed by atoms with Gasteiger partial charge in [0.05, 0.1) is 12.9 Å². The highest BCUT2D eigenvalue weighted by Crippen LogP contribution is 2.24. The van der Waals surface area contributed by atoms with Crippen LogP contribution >= 0.6 is 11.8 Å². The number of hydrogen-bond donors (Lipinski definition) is 1. The minimum absolute atomic E-state index is 0.0846. The number of aryl methyl sites for hydroxylation is 1. The number of nitrogens with zero attached hydrogens (tertiary/aromatic N) is 4. The van der Waals surface area contributed by atoms with Crippen molar-refractivity contribution in [3.8, 4) is 17.3 Å². The lowest BCUT2D eigenvalue weighted by atomic mass is 10.1. The van der Waals surface area contributed by atoms with E-state index in [1.807, 2.05) is 48.7 Å². The van der Waals surface area contributed by atoms with Gasteiger partial charge in [-0.2, -0.15) is 0 Å². The highest BCUT2D eigenvalue weighted by atomic mass is 32.2. The second-order valence-corrected chi connectivity index (χ2v) is 7.10. The van der Waals surface area contributed by atoms with Crippen LogP contribution in [0.2, 0.25) is 0 Å². The topological polar surface area (TPSA) is 81.9 Å². The Bertz CT molecular complexity index is 957. The predicted octanol–water partition coefficient (Wildman–Crippen LogP) is 3.09. The molecular weight excluding hydrogens is 374 g/mol. The zero-order valence-electron chi connectivity index (χ0n) is 16.2. The Morgan fingerprint density at radius 1 is 1.25 bits per heavy atom. The lowest BCUT2D eigenvalue weighted by molar-refractivity contribution is -0.118. The van der Waals surface area contributed by atoms with Crippen LogP contribution in [0.4, 0.5) is 0 Å². The van der Waals surface area contributed by atoms with E-state index in [-0.39, 0.29) is 11.7 Å². The maximum Gasteiger partial charge on any atom is 0.230 e. The molecule has 146 valence electrons. The van der Waals surface area contributed by atoms with Crippen LogP contribution < -0.4 is 10.1 Å². The molecule has 1 aromatic carbocycles. The molecule has 0 spiro atoms. The van der Waals surface area contributed by atoms with Crippen molar-refractivity contribution in [1.29, 1.82) is 0 Å². The van der Waals surface area contributed by atoms with E-state index >= 15 is 0 Å². The molecule has 0 saturated heterocycles. The molecular formula is C20H23N5O2S. The number of ether oxygens (including phenoxy) is 1. The van der Waals surface area contributed by atoms with Crippen LogP contribution in [-0.4, -0.2) is 38.5 Å². The fourth-order valence-electron chi connectivity index (χ4n) is 2.80. The summed E-state index contributed by atoms with van der Waals surface area (Å²) in [4.78, 5) is 16.4. The Balaban J connectivity index is 1.62. The summed E-state index contributed by atoms with van der Waals surface area (Å²) in [5.74, 6) is 1.51. The third-order valence-corrected chi connectivity index (χ3v) is 5.13. The molecule has 0 aliphatic rings. The number of methoxy groups -OCH3 is 1. The lowest BCUT2D eigenvalue weighted by Gasteiger charge is -2.09. The van der Waals surface area contributed by atoms with Crippen molar-refractivity contribution in [3.63, 3.8) is 0 Å². The van der Waals surface area contributed by atoms with Gasteiger partial charge in [0, 0.05) is 30.4 Å². The number of hydrogen-bond acceptors (Lipinski definition) is 6. The van der Waals surface area contributed by atoms with Crippen molar-refractivity contribution in [1.82, 2.24) is 25.1 Å². The summed E-state index contributed by atoms with van der Waals surface area (Å²) in [6.45, 7) is 5.19. The highest BCUT2D eigenvalue weighted by Gasteiger charge is 2.15. The fourth-order valence-corrected chi connectivity index (χ4v) is 3.63. The van der Waals surface area contributed by atoms with Gasteiger partial charge in [-0.1, -0.05) is 41.6 Å². The second-order valence-electron chi connectivity index (χ2n) is 6.16. The van der Waals surface area contributed by atoms with E-state index in [2.05, 4.69) is 26.6 Å². The Morgan fingerprint density at radius 2 is 2.11 bits per heavy atom. The van der Waals surface area contributed by atoms with Crippen LogP contribution in [0.1, 0.15) is 18.1 Å². The van der Waals surface area contributed by atoms with E-state index < -0.39 is 0 Å². The third-order valence-electron chi connectivity index (χ3n) is 4.16. The Hall–Kier alpha value is -2.87. The number of carbonyl (C=O) groups is 1. The Kier molecular flexibility index (Phi) is 6.65. The molecule has 7 nitrogen and oxygen atoms in total. The minimum Gasteiger partial charge on any atom is -0.481 e. The summed E-state index contributed by atoms with van der Waals surface area (Å²) in [6, 6.07) is 11.8. The van der Waals surface area contributed by atoms with Gasteiger partial charge in [-0.15, -0.1) is 10.2 Å². The lowest BCUT2D eigenvalue weighted by Crippen LogP contribution is -2.25. The summed E-state index contributed by atoms with van der Waals surface area (Å²) >= 11 is 1.37. The average molecular weight is 398 g/mol. The highest BCUT2D eigenvalue weighted by molar-refractivity contribution is 7.99. The molecule has 2 aromatic heterocycles. The first kappa shape index (κ1) is 19.9. The number of thioether (sulfide) groups is 1. The van der Waals surface area contributed by atoms with Crippen molar-refractivity contribution >= 4 is 17.7 Å². The zero-order valence-corrected chi connectivity index (χ0v) is 17.0. The minimum atomic E-state index is -0.0846. The molecule has 28 heavy (non-hydrogen) atoms. The molecule has 0 aliphatic carbocycles. The molecule has 0 unspecified atom stereocenters. The molecule has 2 heterocycles. The standard InChI is InChI=1S/C20H23N5O2S/c1-4-25-18(15-8-5-7-14(2)11-15)23-24-20(25)28-13-17(26)22-12-16-9-6-10-21-19(16)27-3/h5-11H,4,12-13H2,1-3H3,(H,22,26). The number of amides is 1. The van der Waals surface area contributed by atoms with Gasteiger partial charge in [0.1, 0.15) is 0 Å².